The molecule has 0 saturated carbocycles. The molecule has 1 unspecified atom stereocenters. The Morgan fingerprint density at radius 1 is 1.22 bits per heavy atom. The first-order valence-electron chi connectivity index (χ1n) is 6.85. The zero-order chi connectivity index (χ0) is 13.8. The van der Waals surface area contributed by atoms with Crippen LogP contribution in [0.3, 0.4) is 0 Å². The molecule has 0 amide bonds. The Morgan fingerprint density at radius 3 is 2.17 bits per heavy atom. The lowest BCUT2D eigenvalue weighted by Gasteiger charge is -2.22. The van der Waals surface area contributed by atoms with E-state index in [9.17, 15) is 0 Å². The monoisotopic (exact) mass is 245 g/mol. The van der Waals surface area contributed by atoms with Gasteiger partial charge in [-0.25, -0.2) is 0 Å². The van der Waals surface area contributed by atoms with Crippen LogP contribution in [0.1, 0.15) is 58.2 Å². The minimum Gasteiger partial charge on any atom is -0.307 e. The van der Waals surface area contributed by atoms with Crippen LogP contribution in [-0.4, -0.2) is 6.54 Å². The highest BCUT2D eigenvalue weighted by atomic mass is 14.9. The Balaban J connectivity index is 2.90. The molecule has 0 aliphatic carbocycles. The van der Waals surface area contributed by atoms with Gasteiger partial charge in [-0.2, -0.15) is 0 Å². The van der Waals surface area contributed by atoms with E-state index >= 15 is 0 Å². The van der Waals surface area contributed by atoms with Gasteiger partial charge in [0.25, 0.3) is 0 Å². The van der Waals surface area contributed by atoms with Crippen molar-refractivity contribution >= 4 is 0 Å². The van der Waals surface area contributed by atoms with Crippen molar-refractivity contribution in [2.24, 2.45) is 0 Å². The topological polar surface area (TPSA) is 12.0 Å². The van der Waals surface area contributed by atoms with Crippen LogP contribution in [0, 0.1) is 0 Å². The van der Waals surface area contributed by atoms with Crippen LogP contribution in [0.25, 0.3) is 0 Å². The molecule has 1 aromatic rings. The van der Waals surface area contributed by atoms with Crippen LogP contribution < -0.4 is 5.32 Å². The van der Waals surface area contributed by atoms with E-state index in [2.05, 4.69) is 70.8 Å². The smallest absolute Gasteiger partial charge is 0.0530 e. The molecular weight excluding hydrogens is 218 g/mol. The van der Waals surface area contributed by atoms with Crippen LogP contribution >= 0.6 is 0 Å². The number of rotatable bonds is 5. The van der Waals surface area contributed by atoms with Crippen molar-refractivity contribution in [2.45, 2.75) is 52.5 Å². The predicted molar refractivity (Wildman–Crippen MR) is 81.0 cm³/mol. The zero-order valence-corrected chi connectivity index (χ0v) is 12.5. The van der Waals surface area contributed by atoms with Gasteiger partial charge in [0.2, 0.25) is 0 Å². The van der Waals surface area contributed by atoms with Crippen molar-refractivity contribution in [3.8, 4) is 0 Å². The lowest BCUT2D eigenvalue weighted by atomic mass is 9.86. The van der Waals surface area contributed by atoms with Crippen molar-refractivity contribution in [1.82, 2.24) is 5.32 Å². The molecule has 0 spiro atoms. The Morgan fingerprint density at radius 2 is 1.78 bits per heavy atom. The van der Waals surface area contributed by atoms with E-state index in [4.69, 9.17) is 0 Å². The number of hydrogen-bond donors (Lipinski definition) is 1. The van der Waals surface area contributed by atoms with Gasteiger partial charge in [0.05, 0.1) is 6.04 Å². The molecule has 0 heterocycles. The van der Waals surface area contributed by atoms with Crippen molar-refractivity contribution < 1.29 is 0 Å². The Hall–Kier alpha value is -1.08. The van der Waals surface area contributed by atoms with Gasteiger partial charge >= 0.3 is 0 Å². The summed E-state index contributed by atoms with van der Waals surface area (Å²) in [7, 11) is 0. The van der Waals surface area contributed by atoms with Crippen LogP contribution in [0.2, 0.25) is 0 Å². The highest BCUT2D eigenvalue weighted by molar-refractivity contribution is 5.32. The van der Waals surface area contributed by atoms with Gasteiger partial charge in [-0.3, -0.25) is 0 Å². The summed E-state index contributed by atoms with van der Waals surface area (Å²) in [5.74, 6) is 0. The van der Waals surface area contributed by atoms with E-state index in [0.717, 1.165) is 13.0 Å². The maximum Gasteiger partial charge on any atom is 0.0530 e. The van der Waals surface area contributed by atoms with Crippen LogP contribution in [0.5, 0.6) is 0 Å². The van der Waals surface area contributed by atoms with Crippen molar-refractivity contribution in [2.75, 3.05) is 6.54 Å². The van der Waals surface area contributed by atoms with E-state index in [1.54, 1.807) is 0 Å². The molecule has 0 radical (unpaired) electrons. The van der Waals surface area contributed by atoms with E-state index in [1.165, 1.54) is 16.7 Å². The SMILES string of the molecule is C=C(C)C(NCCC)c1ccc(C(C)(C)C)cc1. The summed E-state index contributed by atoms with van der Waals surface area (Å²) < 4.78 is 0. The Kier molecular flexibility index (Phi) is 5.15. The third-order valence-corrected chi connectivity index (χ3v) is 3.20. The van der Waals surface area contributed by atoms with Crippen molar-refractivity contribution in [3.63, 3.8) is 0 Å². The third-order valence-electron chi connectivity index (χ3n) is 3.20. The summed E-state index contributed by atoms with van der Waals surface area (Å²) in [6.07, 6.45) is 1.14. The second-order valence-corrected chi connectivity index (χ2v) is 6.11. The fourth-order valence-corrected chi connectivity index (χ4v) is 2.04. The summed E-state index contributed by atoms with van der Waals surface area (Å²) in [4.78, 5) is 0. The Labute approximate surface area is 112 Å². The Bertz CT molecular complexity index is 381. The molecule has 0 aliphatic rings. The number of benzene rings is 1. The van der Waals surface area contributed by atoms with Crippen LogP contribution in [-0.2, 0) is 5.41 Å². The average Bonchev–Trinajstić information content (AvgIpc) is 2.28. The minimum absolute atomic E-state index is 0.216. The molecule has 0 saturated heterocycles. The maximum atomic E-state index is 4.09. The first-order valence-corrected chi connectivity index (χ1v) is 6.85. The summed E-state index contributed by atoms with van der Waals surface area (Å²) >= 11 is 0. The first kappa shape index (κ1) is 15.0. The third kappa shape index (κ3) is 3.99. The quantitative estimate of drug-likeness (QED) is 0.747. The average molecular weight is 245 g/mol. The fourth-order valence-electron chi connectivity index (χ4n) is 2.04. The molecule has 0 aromatic heterocycles. The van der Waals surface area contributed by atoms with Crippen molar-refractivity contribution in [1.29, 1.82) is 0 Å². The van der Waals surface area contributed by atoms with Gasteiger partial charge in [-0.05, 0) is 36.4 Å². The molecule has 1 nitrogen and oxygen atoms in total. The molecule has 18 heavy (non-hydrogen) atoms. The molecular formula is C17H27N. The molecule has 0 aliphatic heterocycles. The van der Waals surface area contributed by atoms with Gasteiger partial charge in [0.1, 0.15) is 0 Å². The summed E-state index contributed by atoms with van der Waals surface area (Å²) in [5.41, 5.74) is 4.08. The highest BCUT2D eigenvalue weighted by Gasteiger charge is 2.15. The van der Waals surface area contributed by atoms with Crippen LogP contribution in [0.15, 0.2) is 36.4 Å². The van der Waals surface area contributed by atoms with E-state index in [-0.39, 0.29) is 11.5 Å². The van der Waals surface area contributed by atoms with E-state index in [1.807, 2.05) is 0 Å². The second kappa shape index (κ2) is 6.19. The maximum absolute atomic E-state index is 4.09. The predicted octanol–water partition coefficient (Wildman–Crippen LogP) is 4.60. The summed E-state index contributed by atoms with van der Waals surface area (Å²) in [5, 5.41) is 3.54. The highest BCUT2D eigenvalue weighted by Crippen LogP contribution is 2.26. The lowest BCUT2D eigenvalue weighted by Crippen LogP contribution is -2.23. The van der Waals surface area contributed by atoms with Gasteiger partial charge in [0, 0.05) is 0 Å². The second-order valence-electron chi connectivity index (χ2n) is 6.11. The largest absolute Gasteiger partial charge is 0.307 e. The molecule has 1 rings (SSSR count). The number of hydrogen-bond acceptors (Lipinski definition) is 1. The zero-order valence-electron chi connectivity index (χ0n) is 12.5. The summed E-state index contributed by atoms with van der Waals surface area (Å²) in [6, 6.07) is 9.20. The summed E-state index contributed by atoms with van der Waals surface area (Å²) in [6.45, 7) is 16.1. The van der Waals surface area contributed by atoms with Gasteiger partial charge in [-0.1, -0.05) is 64.1 Å². The molecule has 1 aromatic carbocycles. The standard InChI is InChI=1S/C17H27N/c1-7-12-18-16(13(2)3)14-8-10-15(11-9-14)17(4,5)6/h8-11,16,18H,2,7,12H2,1,3-6H3. The molecule has 100 valence electrons. The van der Waals surface area contributed by atoms with Crippen molar-refractivity contribution in [3.05, 3.63) is 47.5 Å². The molecule has 1 N–H and O–H groups in total. The van der Waals surface area contributed by atoms with Gasteiger partial charge in [0.15, 0.2) is 0 Å². The van der Waals surface area contributed by atoms with E-state index in [0.29, 0.717) is 0 Å². The lowest BCUT2D eigenvalue weighted by molar-refractivity contribution is 0.581. The number of nitrogens with one attached hydrogen (secondary N) is 1. The van der Waals surface area contributed by atoms with Gasteiger partial charge < -0.3 is 5.32 Å². The molecule has 0 bridgehead atoms. The normalized spacial score (nSPS) is 13.4. The minimum atomic E-state index is 0.216. The molecule has 1 heteroatoms. The van der Waals surface area contributed by atoms with Crippen LogP contribution in [0.4, 0.5) is 0 Å². The fraction of sp³-hybridized carbons (Fsp3) is 0.529. The van der Waals surface area contributed by atoms with E-state index < -0.39 is 0 Å². The molecule has 0 fully saturated rings. The van der Waals surface area contributed by atoms with Gasteiger partial charge in [-0.15, -0.1) is 0 Å². The first-order chi connectivity index (χ1) is 8.36. The molecule has 1 atom stereocenters.